The molecule has 3 nitrogen and oxygen atoms in total. The van der Waals surface area contributed by atoms with Gasteiger partial charge in [-0.05, 0) is 42.5 Å². The Morgan fingerprint density at radius 3 is 2.16 bits per heavy atom. The van der Waals surface area contributed by atoms with Crippen LogP contribution < -0.4 is 4.72 Å². The summed E-state index contributed by atoms with van der Waals surface area (Å²) in [5, 5.41) is 0.562. The van der Waals surface area contributed by atoms with E-state index in [-0.39, 0.29) is 15.6 Å². The van der Waals surface area contributed by atoms with Crippen molar-refractivity contribution in [3.8, 4) is 0 Å². The average Bonchev–Trinajstić information content (AvgIpc) is 2.34. The SMILES string of the molecule is O=S(=O)(Nc1ccc(Cl)c(Cl)c1)c1ccc(F)cc1. The largest absolute Gasteiger partial charge is 0.280 e. The topological polar surface area (TPSA) is 46.2 Å². The molecule has 0 amide bonds. The van der Waals surface area contributed by atoms with Gasteiger partial charge in [0.05, 0.1) is 20.6 Å². The van der Waals surface area contributed by atoms with Crippen molar-refractivity contribution >= 4 is 38.9 Å². The van der Waals surface area contributed by atoms with Crippen LogP contribution in [0.3, 0.4) is 0 Å². The van der Waals surface area contributed by atoms with E-state index in [1.165, 1.54) is 30.3 Å². The zero-order valence-corrected chi connectivity index (χ0v) is 11.7. The fraction of sp³-hybridized carbons (Fsp3) is 0. The minimum absolute atomic E-state index is 0.0417. The third-order valence-electron chi connectivity index (χ3n) is 2.30. The van der Waals surface area contributed by atoms with E-state index in [0.29, 0.717) is 5.02 Å². The van der Waals surface area contributed by atoms with Crippen molar-refractivity contribution in [3.63, 3.8) is 0 Å². The first-order valence-electron chi connectivity index (χ1n) is 5.12. The third-order valence-corrected chi connectivity index (χ3v) is 4.43. The van der Waals surface area contributed by atoms with Gasteiger partial charge in [-0.3, -0.25) is 4.72 Å². The summed E-state index contributed by atoms with van der Waals surface area (Å²) >= 11 is 11.5. The molecule has 0 aliphatic carbocycles. The van der Waals surface area contributed by atoms with Crippen LogP contribution >= 0.6 is 23.2 Å². The van der Waals surface area contributed by atoms with Crippen LogP contribution in [0, 0.1) is 5.82 Å². The molecule has 1 N–H and O–H groups in total. The maximum atomic E-state index is 12.8. The molecule has 19 heavy (non-hydrogen) atoms. The molecular formula is C12H8Cl2FNO2S. The van der Waals surface area contributed by atoms with Crippen LogP contribution in [-0.2, 0) is 10.0 Å². The Balaban J connectivity index is 2.30. The molecule has 0 fully saturated rings. The van der Waals surface area contributed by atoms with Gasteiger partial charge in [0.15, 0.2) is 0 Å². The first-order valence-corrected chi connectivity index (χ1v) is 7.36. The molecular weight excluding hydrogens is 312 g/mol. The fourth-order valence-electron chi connectivity index (χ4n) is 1.39. The summed E-state index contributed by atoms with van der Waals surface area (Å²) in [5.41, 5.74) is 0.277. The summed E-state index contributed by atoms with van der Waals surface area (Å²) in [6.07, 6.45) is 0. The van der Waals surface area contributed by atoms with E-state index >= 15 is 0 Å². The Hall–Kier alpha value is -1.30. The number of nitrogens with one attached hydrogen (secondary N) is 1. The maximum absolute atomic E-state index is 12.8. The Kier molecular flexibility index (Phi) is 3.99. The predicted octanol–water partition coefficient (Wildman–Crippen LogP) is 3.93. The first-order chi connectivity index (χ1) is 8.88. The smallest absolute Gasteiger partial charge is 0.261 e. The zero-order valence-electron chi connectivity index (χ0n) is 9.40. The van der Waals surface area contributed by atoms with Gasteiger partial charge in [-0.15, -0.1) is 0 Å². The molecule has 0 saturated carbocycles. The van der Waals surface area contributed by atoms with Crippen LogP contribution in [0.25, 0.3) is 0 Å². The van der Waals surface area contributed by atoms with E-state index in [0.717, 1.165) is 12.1 Å². The number of rotatable bonds is 3. The second-order valence-corrected chi connectivity index (χ2v) is 6.19. The second-order valence-electron chi connectivity index (χ2n) is 3.69. The summed E-state index contributed by atoms with van der Waals surface area (Å²) in [5.74, 6) is -0.506. The highest BCUT2D eigenvalue weighted by atomic mass is 35.5. The van der Waals surface area contributed by atoms with E-state index in [9.17, 15) is 12.8 Å². The van der Waals surface area contributed by atoms with Crippen molar-refractivity contribution in [1.29, 1.82) is 0 Å². The molecule has 0 spiro atoms. The molecule has 0 aliphatic rings. The van der Waals surface area contributed by atoms with Crippen molar-refractivity contribution in [2.24, 2.45) is 0 Å². The van der Waals surface area contributed by atoms with Crippen LogP contribution in [0.2, 0.25) is 10.0 Å². The molecule has 0 aliphatic heterocycles. The Morgan fingerprint density at radius 1 is 0.947 bits per heavy atom. The molecule has 0 bridgehead atoms. The molecule has 0 saturated heterocycles. The van der Waals surface area contributed by atoms with Gasteiger partial charge in [0.1, 0.15) is 5.82 Å². The molecule has 0 radical (unpaired) electrons. The minimum Gasteiger partial charge on any atom is -0.280 e. The van der Waals surface area contributed by atoms with Crippen LogP contribution in [0.4, 0.5) is 10.1 Å². The molecule has 7 heteroatoms. The minimum atomic E-state index is -3.78. The predicted molar refractivity (Wildman–Crippen MR) is 73.7 cm³/mol. The van der Waals surface area contributed by atoms with Crippen LogP contribution in [0.5, 0.6) is 0 Å². The van der Waals surface area contributed by atoms with Gasteiger partial charge in [-0.2, -0.15) is 0 Å². The summed E-state index contributed by atoms with van der Waals surface area (Å²) in [4.78, 5) is -0.0417. The lowest BCUT2D eigenvalue weighted by Gasteiger charge is -2.08. The summed E-state index contributed by atoms with van der Waals surface area (Å²) in [7, 11) is -3.78. The van der Waals surface area contributed by atoms with Crippen molar-refractivity contribution < 1.29 is 12.8 Å². The van der Waals surface area contributed by atoms with E-state index in [2.05, 4.69) is 4.72 Å². The molecule has 0 heterocycles. The normalized spacial score (nSPS) is 11.3. The van der Waals surface area contributed by atoms with E-state index in [1.807, 2.05) is 0 Å². The van der Waals surface area contributed by atoms with Gasteiger partial charge in [-0.25, -0.2) is 12.8 Å². The van der Waals surface area contributed by atoms with Crippen LogP contribution in [0.15, 0.2) is 47.4 Å². The number of hydrogen-bond donors (Lipinski definition) is 1. The Morgan fingerprint density at radius 2 is 1.58 bits per heavy atom. The Labute approximate surface area is 120 Å². The lowest BCUT2D eigenvalue weighted by molar-refractivity contribution is 0.599. The highest BCUT2D eigenvalue weighted by Gasteiger charge is 2.14. The monoisotopic (exact) mass is 319 g/mol. The number of anilines is 1. The average molecular weight is 320 g/mol. The van der Waals surface area contributed by atoms with Gasteiger partial charge >= 0.3 is 0 Å². The molecule has 2 aromatic carbocycles. The van der Waals surface area contributed by atoms with E-state index in [4.69, 9.17) is 23.2 Å². The number of sulfonamides is 1. The lowest BCUT2D eigenvalue weighted by atomic mass is 10.3. The lowest BCUT2D eigenvalue weighted by Crippen LogP contribution is -2.12. The quantitative estimate of drug-likeness (QED) is 0.931. The molecule has 0 unspecified atom stereocenters. The van der Waals surface area contributed by atoms with Gasteiger partial charge in [-0.1, -0.05) is 23.2 Å². The summed E-state index contributed by atoms with van der Waals surface area (Å²) in [6.45, 7) is 0. The highest BCUT2D eigenvalue weighted by molar-refractivity contribution is 7.92. The third kappa shape index (κ3) is 3.37. The molecule has 100 valence electrons. The highest BCUT2D eigenvalue weighted by Crippen LogP contribution is 2.26. The van der Waals surface area contributed by atoms with Crippen molar-refractivity contribution in [2.75, 3.05) is 4.72 Å². The van der Waals surface area contributed by atoms with Crippen LogP contribution in [0.1, 0.15) is 0 Å². The van der Waals surface area contributed by atoms with Crippen molar-refractivity contribution in [1.82, 2.24) is 0 Å². The van der Waals surface area contributed by atoms with Crippen LogP contribution in [-0.4, -0.2) is 8.42 Å². The molecule has 2 aromatic rings. The summed E-state index contributed by atoms with van der Waals surface area (Å²) < 4.78 is 39.1. The van der Waals surface area contributed by atoms with E-state index in [1.54, 1.807) is 0 Å². The molecule has 0 aromatic heterocycles. The first kappa shape index (κ1) is 14.1. The van der Waals surface area contributed by atoms with E-state index < -0.39 is 15.8 Å². The molecule has 0 atom stereocenters. The van der Waals surface area contributed by atoms with Gasteiger partial charge < -0.3 is 0 Å². The maximum Gasteiger partial charge on any atom is 0.261 e. The van der Waals surface area contributed by atoms with Gasteiger partial charge in [0.2, 0.25) is 0 Å². The fourth-order valence-corrected chi connectivity index (χ4v) is 2.74. The summed E-state index contributed by atoms with van der Waals surface area (Å²) in [6, 6.07) is 8.85. The zero-order chi connectivity index (χ0) is 14.0. The van der Waals surface area contributed by atoms with Crippen molar-refractivity contribution in [3.05, 3.63) is 58.3 Å². The standard InChI is InChI=1S/C12H8Cl2FNO2S/c13-11-6-3-9(7-12(11)14)16-19(17,18)10-4-1-8(15)2-5-10/h1-7,16H. The van der Waals surface area contributed by atoms with Gasteiger partial charge in [0.25, 0.3) is 10.0 Å². The second kappa shape index (κ2) is 5.36. The number of halogens is 3. The van der Waals surface area contributed by atoms with Gasteiger partial charge in [0, 0.05) is 0 Å². The van der Waals surface area contributed by atoms with Crippen molar-refractivity contribution in [2.45, 2.75) is 4.90 Å². The Bertz CT molecular complexity index is 702. The molecule has 2 rings (SSSR count). The number of hydrogen-bond acceptors (Lipinski definition) is 2. The number of benzene rings is 2.